The second kappa shape index (κ2) is 4.95. The van der Waals surface area contributed by atoms with Gasteiger partial charge in [0, 0.05) is 16.5 Å². The van der Waals surface area contributed by atoms with Crippen molar-refractivity contribution >= 4 is 17.6 Å². The number of hydrogen-bond donors (Lipinski definition) is 0. The van der Waals surface area contributed by atoms with Crippen LogP contribution in [0.15, 0.2) is 36.4 Å². The molecule has 0 aliphatic carbocycles. The highest BCUT2D eigenvalue weighted by molar-refractivity contribution is 6.31. The predicted molar refractivity (Wildman–Crippen MR) is 79.5 cm³/mol. The first kappa shape index (κ1) is 13.2. The third kappa shape index (κ3) is 2.32. The number of fused-ring (bicyclic) bond motifs is 1. The number of halogens is 1. The fourth-order valence-corrected chi connectivity index (χ4v) is 2.74. The molecule has 0 fully saturated rings. The third-order valence-electron chi connectivity index (χ3n) is 3.74. The van der Waals surface area contributed by atoms with Gasteiger partial charge in [0.2, 0.25) is 0 Å². The Hall–Kier alpha value is -1.80. The Morgan fingerprint density at radius 1 is 1.15 bits per heavy atom. The van der Waals surface area contributed by atoms with Gasteiger partial charge in [0.25, 0.3) is 0 Å². The van der Waals surface area contributed by atoms with Gasteiger partial charge in [-0.25, -0.2) is 0 Å². The normalized spacial score (nSPS) is 17.6. The van der Waals surface area contributed by atoms with E-state index in [-0.39, 0.29) is 11.9 Å². The van der Waals surface area contributed by atoms with Crippen molar-refractivity contribution in [1.82, 2.24) is 0 Å². The van der Waals surface area contributed by atoms with Crippen molar-refractivity contribution in [1.29, 1.82) is 0 Å². The highest BCUT2D eigenvalue weighted by Gasteiger charge is 2.29. The average Bonchev–Trinajstić information content (AvgIpc) is 2.41. The summed E-state index contributed by atoms with van der Waals surface area (Å²) in [6, 6.07) is 12.0. The minimum atomic E-state index is -0.190. The first-order valence-electron chi connectivity index (χ1n) is 6.62. The molecule has 3 rings (SSSR count). The lowest BCUT2D eigenvalue weighted by atomic mass is 9.85. The van der Waals surface area contributed by atoms with Crippen LogP contribution in [0.25, 0.3) is 0 Å². The van der Waals surface area contributed by atoms with Crippen LogP contribution in [0.1, 0.15) is 34.6 Å². The molecule has 0 unspecified atom stereocenters. The molecule has 0 radical (unpaired) electrons. The summed E-state index contributed by atoms with van der Waals surface area (Å²) >= 11 is 6.22. The molecule has 1 aliphatic rings. The monoisotopic (exact) mass is 286 g/mol. The molecule has 0 aromatic heterocycles. The van der Waals surface area contributed by atoms with Gasteiger partial charge >= 0.3 is 5.97 Å². The molecule has 1 heterocycles. The van der Waals surface area contributed by atoms with Gasteiger partial charge < -0.3 is 4.74 Å². The van der Waals surface area contributed by atoms with Gasteiger partial charge in [-0.3, -0.25) is 4.79 Å². The number of ether oxygens (including phenoxy) is 1. The van der Waals surface area contributed by atoms with Crippen LogP contribution in [0, 0.1) is 13.8 Å². The number of aryl methyl sites for hydroxylation is 2. The quantitative estimate of drug-likeness (QED) is 0.574. The van der Waals surface area contributed by atoms with Crippen molar-refractivity contribution in [3.63, 3.8) is 0 Å². The van der Waals surface area contributed by atoms with Crippen molar-refractivity contribution in [2.45, 2.75) is 26.2 Å². The molecule has 2 aromatic carbocycles. The van der Waals surface area contributed by atoms with Crippen LogP contribution in [-0.2, 0) is 4.79 Å². The summed E-state index contributed by atoms with van der Waals surface area (Å²) in [4.78, 5) is 11.8. The van der Waals surface area contributed by atoms with Crippen LogP contribution in [-0.4, -0.2) is 5.97 Å². The van der Waals surface area contributed by atoms with Crippen LogP contribution in [0.4, 0.5) is 0 Å². The van der Waals surface area contributed by atoms with Crippen LogP contribution in [0.2, 0.25) is 5.02 Å². The summed E-state index contributed by atoms with van der Waals surface area (Å²) in [6.07, 6.45) is 0.357. The Balaban J connectivity index is 2.12. The number of esters is 1. The van der Waals surface area contributed by atoms with E-state index in [9.17, 15) is 4.79 Å². The van der Waals surface area contributed by atoms with Gasteiger partial charge in [-0.1, -0.05) is 41.4 Å². The lowest BCUT2D eigenvalue weighted by molar-refractivity contribution is -0.135. The van der Waals surface area contributed by atoms with Gasteiger partial charge in [0.05, 0.1) is 6.42 Å². The fourth-order valence-electron chi connectivity index (χ4n) is 2.57. The average molecular weight is 287 g/mol. The zero-order valence-corrected chi connectivity index (χ0v) is 12.2. The molecule has 0 saturated heterocycles. The van der Waals surface area contributed by atoms with E-state index >= 15 is 0 Å². The lowest BCUT2D eigenvalue weighted by Gasteiger charge is -2.25. The Morgan fingerprint density at radius 2 is 1.85 bits per heavy atom. The zero-order chi connectivity index (χ0) is 14.3. The van der Waals surface area contributed by atoms with E-state index in [1.807, 2.05) is 26.0 Å². The van der Waals surface area contributed by atoms with E-state index in [0.717, 1.165) is 16.7 Å². The van der Waals surface area contributed by atoms with Crippen LogP contribution < -0.4 is 4.74 Å². The predicted octanol–water partition coefficient (Wildman–Crippen LogP) is 4.40. The molecule has 0 amide bonds. The maximum absolute atomic E-state index is 11.8. The molecule has 0 bridgehead atoms. The summed E-state index contributed by atoms with van der Waals surface area (Å²) in [5, 5.41) is 0.707. The summed E-state index contributed by atoms with van der Waals surface area (Å²) in [6.45, 7) is 3.96. The number of carbonyl (C=O) groups excluding carboxylic acids is 1. The standard InChI is InChI=1S/C17H15ClO2/c1-10-3-5-12(6-4-10)13-9-17(19)20-16-7-11(2)15(18)8-14(13)16/h3-8,13H,9H2,1-2H3/t13-/m0/s1. The second-order valence-corrected chi connectivity index (χ2v) is 5.69. The fraction of sp³-hybridized carbons (Fsp3) is 0.235. The molecule has 0 saturated carbocycles. The van der Waals surface area contributed by atoms with Gasteiger partial charge in [-0.2, -0.15) is 0 Å². The second-order valence-electron chi connectivity index (χ2n) is 5.28. The molecule has 2 aromatic rings. The van der Waals surface area contributed by atoms with E-state index in [2.05, 4.69) is 24.3 Å². The Kier molecular flexibility index (Phi) is 3.27. The Morgan fingerprint density at radius 3 is 2.55 bits per heavy atom. The molecule has 3 heteroatoms. The molecule has 1 atom stereocenters. The van der Waals surface area contributed by atoms with E-state index in [0.29, 0.717) is 17.2 Å². The number of rotatable bonds is 1. The molecule has 0 spiro atoms. The number of benzene rings is 2. The topological polar surface area (TPSA) is 26.3 Å². The Labute approximate surface area is 123 Å². The molecular formula is C17H15ClO2. The third-order valence-corrected chi connectivity index (χ3v) is 4.15. The molecule has 2 nitrogen and oxygen atoms in total. The molecular weight excluding hydrogens is 272 g/mol. The molecule has 0 N–H and O–H groups in total. The first-order chi connectivity index (χ1) is 9.54. The minimum absolute atomic E-state index is 0.0185. The van der Waals surface area contributed by atoms with E-state index in [1.165, 1.54) is 5.56 Å². The van der Waals surface area contributed by atoms with Gasteiger partial charge in [0.15, 0.2) is 0 Å². The summed E-state index contributed by atoms with van der Waals surface area (Å²) in [5.41, 5.74) is 4.23. The van der Waals surface area contributed by atoms with Crippen molar-refractivity contribution in [3.8, 4) is 5.75 Å². The van der Waals surface area contributed by atoms with Crippen molar-refractivity contribution in [3.05, 3.63) is 63.7 Å². The van der Waals surface area contributed by atoms with Crippen LogP contribution in [0.3, 0.4) is 0 Å². The molecule has 102 valence electrons. The number of carbonyl (C=O) groups is 1. The maximum atomic E-state index is 11.8. The largest absolute Gasteiger partial charge is 0.426 e. The van der Waals surface area contributed by atoms with E-state index in [4.69, 9.17) is 16.3 Å². The molecule has 1 aliphatic heterocycles. The first-order valence-corrected chi connectivity index (χ1v) is 6.99. The Bertz CT molecular complexity index is 674. The van der Waals surface area contributed by atoms with Gasteiger partial charge in [-0.05, 0) is 37.1 Å². The van der Waals surface area contributed by atoms with Crippen molar-refractivity contribution in [2.24, 2.45) is 0 Å². The van der Waals surface area contributed by atoms with Gasteiger partial charge in [-0.15, -0.1) is 0 Å². The van der Waals surface area contributed by atoms with E-state index < -0.39 is 0 Å². The maximum Gasteiger partial charge on any atom is 0.312 e. The highest BCUT2D eigenvalue weighted by atomic mass is 35.5. The summed E-state index contributed by atoms with van der Waals surface area (Å²) in [7, 11) is 0. The van der Waals surface area contributed by atoms with Crippen molar-refractivity contribution in [2.75, 3.05) is 0 Å². The molecule has 20 heavy (non-hydrogen) atoms. The van der Waals surface area contributed by atoms with Crippen molar-refractivity contribution < 1.29 is 9.53 Å². The van der Waals surface area contributed by atoms with Crippen LogP contribution >= 0.6 is 11.6 Å². The summed E-state index contributed by atoms with van der Waals surface area (Å²) < 4.78 is 5.35. The highest BCUT2D eigenvalue weighted by Crippen LogP contribution is 2.41. The summed E-state index contributed by atoms with van der Waals surface area (Å²) in [5.74, 6) is 0.462. The SMILES string of the molecule is Cc1ccc([C@@H]2CC(=O)Oc3cc(C)c(Cl)cc32)cc1. The van der Waals surface area contributed by atoms with Gasteiger partial charge in [0.1, 0.15) is 5.75 Å². The smallest absolute Gasteiger partial charge is 0.312 e. The minimum Gasteiger partial charge on any atom is -0.426 e. The lowest BCUT2D eigenvalue weighted by Crippen LogP contribution is -2.21. The van der Waals surface area contributed by atoms with Crippen LogP contribution in [0.5, 0.6) is 5.75 Å². The van der Waals surface area contributed by atoms with E-state index in [1.54, 1.807) is 0 Å². The zero-order valence-electron chi connectivity index (χ0n) is 11.4. The number of hydrogen-bond acceptors (Lipinski definition) is 2.